The second-order valence-corrected chi connectivity index (χ2v) is 5.53. The Morgan fingerprint density at radius 1 is 1.15 bits per heavy atom. The van der Waals surface area contributed by atoms with Crippen molar-refractivity contribution in [2.24, 2.45) is 0 Å². The van der Waals surface area contributed by atoms with Crippen molar-refractivity contribution in [1.29, 1.82) is 0 Å². The van der Waals surface area contributed by atoms with E-state index in [0.29, 0.717) is 23.4 Å². The number of phenols is 2. The minimum atomic E-state index is -0.438. The number of nitrogens with zero attached hydrogens (tertiary/aromatic N) is 2. The average Bonchev–Trinajstić information content (AvgIpc) is 3.05. The van der Waals surface area contributed by atoms with E-state index in [-0.39, 0.29) is 11.5 Å². The topological polar surface area (TPSA) is 84.6 Å². The van der Waals surface area contributed by atoms with E-state index >= 15 is 0 Å². The van der Waals surface area contributed by atoms with Crippen LogP contribution in [-0.2, 0) is 9.53 Å². The molecule has 0 saturated carbocycles. The maximum atomic E-state index is 11.6. The lowest BCUT2D eigenvalue weighted by Crippen LogP contribution is -1.98. The molecule has 6 nitrogen and oxygen atoms in total. The molecule has 3 rings (SSSR count). The van der Waals surface area contributed by atoms with E-state index in [0.717, 1.165) is 5.69 Å². The standard InChI is InChI=1S/C20H18N2O4/c1-2-26-19(25)11-6-15-13-22(16-7-9-17(23)10-8-16)21-20(15)14-4-3-5-18(24)12-14/h3-13,23-24H,2H2,1H3/b11-6+. The van der Waals surface area contributed by atoms with Crippen LogP contribution in [0.25, 0.3) is 23.0 Å². The Kier molecular flexibility index (Phi) is 5.03. The van der Waals surface area contributed by atoms with Gasteiger partial charge in [-0.3, -0.25) is 0 Å². The third kappa shape index (κ3) is 3.92. The van der Waals surface area contributed by atoms with Crippen LogP contribution in [-0.4, -0.2) is 32.6 Å². The normalized spacial score (nSPS) is 11.0. The van der Waals surface area contributed by atoms with Crippen LogP contribution < -0.4 is 0 Å². The summed E-state index contributed by atoms with van der Waals surface area (Å²) >= 11 is 0. The smallest absolute Gasteiger partial charge is 0.330 e. The molecule has 0 unspecified atom stereocenters. The van der Waals surface area contributed by atoms with E-state index in [4.69, 9.17) is 4.74 Å². The van der Waals surface area contributed by atoms with Gasteiger partial charge in [-0.15, -0.1) is 0 Å². The molecule has 1 aromatic heterocycles. The maximum absolute atomic E-state index is 11.6. The average molecular weight is 350 g/mol. The van der Waals surface area contributed by atoms with Gasteiger partial charge in [-0.05, 0) is 49.4 Å². The number of carbonyl (C=O) groups excluding carboxylic acids is 1. The van der Waals surface area contributed by atoms with Crippen LogP contribution in [0.15, 0.2) is 60.8 Å². The Morgan fingerprint density at radius 2 is 1.92 bits per heavy atom. The van der Waals surface area contributed by atoms with Crippen molar-refractivity contribution in [3.05, 3.63) is 66.4 Å². The Labute approximate surface area is 150 Å². The first kappa shape index (κ1) is 17.3. The molecule has 0 radical (unpaired) electrons. The van der Waals surface area contributed by atoms with Gasteiger partial charge in [-0.2, -0.15) is 5.10 Å². The predicted molar refractivity (Wildman–Crippen MR) is 98.0 cm³/mol. The van der Waals surface area contributed by atoms with E-state index in [1.165, 1.54) is 6.08 Å². The maximum Gasteiger partial charge on any atom is 0.330 e. The molecule has 132 valence electrons. The molecule has 2 aromatic carbocycles. The summed E-state index contributed by atoms with van der Waals surface area (Å²) in [5, 5.41) is 23.8. The predicted octanol–water partition coefficient (Wildman–Crippen LogP) is 3.53. The molecular weight excluding hydrogens is 332 g/mol. The van der Waals surface area contributed by atoms with Crippen LogP contribution in [0.3, 0.4) is 0 Å². The number of ether oxygens (including phenoxy) is 1. The van der Waals surface area contributed by atoms with Crippen molar-refractivity contribution in [1.82, 2.24) is 9.78 Å². The van der Waals surface area contributed by atoms with E-state index in [9.17, 15) is 15.0 Å². The third-order valence-electron chi connectivity index (χ3n) is 3.66. The van der Waals surface area contributed by atoms with E-state index in [2.05, 4.69) is 5.10 Å². The molecule has 0 aliphatic rings. The number of esters is 1. The fourth-order valence-corrected chi connectivity index (χ4v) is 2.47. The highest BCUT2D eigenvalue weighted by atomic mass is 16.5. The van der Waals surface area contributed by atoms with Crippen LogP contribution >= 0.6 is 0 Å². The Balaban J connectivity index is 2.05. The van der Waals surface area contributed by atoms with E-state index < -0.39 is 5.97 Å². The van der Waals surface area contributed by atoms with Crippen molar-refractivity contribution in [2.45, 2.75) is 6.92 Å². The highest BCUT2D eigenvalue weighted by molar-refractivity contribution is 5.88. The first-order chi connectivity index (χ1) is 12.6. The van der Waals surface area contributed by atoms with Gasteiger partial charge in [0.15, 0.2) is 0 Å². The zero-order valence-electron chi connectivity index (χ0n) is 14.2. The number of hydrogen-bond donors (Lipinski definition) is 2. The van der Waals surface area contributed by atoms with Gasteiger partial charge in [-0.25, -0.2) is 9.48 Å². The first-order valence-electron chi connectivity index (χ1n) is 8.10. The molecule has 0 aliphatic carbocycles. The number of rotatable bonds is 5. The number of aromatic hydroxyl groups is 2. The fourth-order valence-electron chi connectivity index (χ4n) is 2.47. The Hall–Kier alpha value is -3.54. The second-order valence-electron chi connectivity index (χ2n) is 5.53. The molecule has 0 bridgehead atoms. The number of hydrogen-bond acceptors (Lipinski definition) is 5. The molecule has 1 heterocycles. The van der Waals surface area contributed by atoms with Crippen molar-refractivity contribution in [3.8, 4) is 28.4 Å². The number of aromatic nitrogens is 2. The van der Waals surface area contributed by atoms with Crippen LogP contribution in [0.5, 0.6) is 11.5 Å². The SMILES string of the molecule is CCOC(=O)/C=C/c1cn(-c2ccc(O)cc2)nc1-c1cccc(O)c1. The summed E-state index contributed by atoms with van der Waals surface area (Å²) in [4.78, 5) is 11.6. The molecular formula is C20H18N2O4. The molecule has 0 aliphatic heterocycles. The van der Waals surface area contributed by atoms with Gasteiger partial charge in [0.25, 0.3) is 0 Å². The molecule has 3 aromatic rings. The fraction of sp³-hybridized carbons (Fsp3) is 0.100. The van der Waals surface area contributed by atoms with Gasteiger partial charge in [-0.1, -0.05) is 12.1 Å². The van der Waals surface area contributed by atoms with Gasteiger partial charge in [0, 0.05) is 23.4 Å². The third-order valence-corrected chi connectivity index (χ3v) is 3.66. The van der Waals surface area contributed by atoms with E-state index in [1.807, 2.05) is 6.07 Å². The Morgan fingerprint density at radius 3 is 2.62 bits per heavy atom. The second kappa shape index (κ2) is 7.57. The summed E-state index contributed by atoms with van der Waals surface area (Å²) in [6.07, 6.45) is 4.73. The van der Waals surface area contributed by atoms with Crippen molar-refractivity contribution in [3.63, 3.8) is 0 Å². The number of phenolic OH excluding ortho intramolecular Hbond substituents is 2. The van der Waals surface area contributed by atoms with Crippen molar-refractivity contribution < 1.29 is 19.7 Å². The van der Waals surface area contributed by atoms with Gasteiger partial charge in [0.05, 0.1) is 12.3 Å². The van der Waals surface area contributed by atoms with Crippen LogP contribution in [0.2, 0.25) is 0 Å². The molecule has 2 N–H and O–H groups in total. The summed E-state index contributed by atoms with van der Waals surface area (Å²) in [7, 11) is 0. The molecule has 0 fully saturated rings. The van der Waals surface area contributed by atoms with Crippen LogP contribution in [0, 0.1) is 0 Å². The number of benzene rings is 2. The van der Waals surface area contributed by atoms with E-state index in [1.54, 1.807) is 66.3 Å². The molecule has 0 atom stereocenters. The van der Waals surface area contributed by atoms with Gasteiger partial charge < -0.3 is 14.9 Å². The van der Waals surface area contributed by atoms with Crippen molar-refractivity contribution in [2.75, 3.05) is 6.61 Å². The highest BCUT2D eigenvalue weighted by Gasteiger charge is 2.12. The lowest BCUT2D eigenvalue weighted by molar-refractivity contribution is -0.137. The van der Waals surface area contributed by atoms with Crippen LogP contribution in [0.4, 0.5) is 0 Å². The summed E-state index contributed by atoms with van der Waals surface area (Å²) in [5.74, 6) is -0.148. The summed E-state index contributed by atoms with van der Waals surface area (Å²) in [6, 6.07) is 13.3. The van der Waals surface area contributed by atoms with Gasteiger partial charge in [0.2, 0.25) is 0 Å². The van der Waals surface area contributed by atoms with Gasteiger partial charge in [0.1, 0.15) is 17.2 Å². The molecule has 0 saturated heterocycles. The summed E-state index contributed by atoms with van der Waals surface area (Å²) in [6.45, 7) is 2.04. The minimum Gasteiger partial charge on any atom is -0.508 e. The summed E-state index contributed by atoms with van der Waals surface area (Å²) < 4.78 is 6.55. The minimum absolute atomic E-state index is 0.127. The molecule has 0 amide bonds. The quantitative estimate of drug-likeness (QED) is 0.543. The van der Waals surface area contributed by atoms with Gasteiger partial charge >= 0.3 is 5.97 Å². The zero-order chi connectivity index (χ0) is 18.5. The molecule has 0 spiro atoms. The monoisotopic (exact) mass is 350 g/mol. The van der Waals surface area contributed by atoms with Crippen LogP contribution in [0.1, 0.15) is 12.5 Å². The van der Waals surface area contributed by atoms with Crippen molar-refractivity contribution >= 4 is 12.0 Å². The first-order valence-corrected chi connectivity index (χ1v) is 8.10. The molecule has 26 heavy (non-hydrogen) atoms. The molecule has 6 heteroatoms. The number of carbonyl (C=O) groups is 1. The highest BCUT2D eigenvalue weighted by Crippen LogP contribution is 2.27. The Bertz CT molecular complexity index is 943. The largest absolute Gasteiger partial charge is 0.508 e. The lowest BCUT2D eigenvalue weighted by atomic mass is 10.1. The lowest BCUT2D eigenvalue weighted by Gasteiger charge is -2.01. The zero-order valence-corrected chi connectivity index (χ0v) is 14.2. The summed E-state index contributed by atoms with van der Waals surface area (Å²) in [5.41, 5.74) is 2.76.